The minimum absolute atomic E-state index is 0.0291. The van der Waals surface area contributed by atoms with Gasteiger partial charge in [0.1, 0.15) is 0 Å². The van der Waals surface area contributed by atoms with Gasteiger partial charge in [0.15, 0.2) is 9.84 Å². The minimum atomic E-state index is -3.11. The molecule has 0 aromatic rings. The van der Waals surface area contributed by atoms with Crippen LogP contribution in [0, 0.1) is 16.7 Å². The van der Waals surface area contributed by atoms with Crippen LogP contribution < -0.4 is 0 Å². The van der Waals surface area contributed by atoms with E-state index in [1.807, 2.05) is 13.0 Å². The van der Waals surface area contributed by atoms with E-state index in [2.05, 4.69) is 0 Å². The summed E-state index contributed by atoms with van der Waals surface area (Å²) in [5.41, 5.74) is -1.05. The quantitative estimate of drug-likeness (QED) is 0.745. The summed E-state index contributed by atoms with van der Waals surface area (Å²) in [5, 5.41) is 18.7. The van der Waals surface area contributed by atoms with Crippen LogP contribution in [0.1, 0.15) is 26.2 Å². The van der Waals surface area contributed by atoms with Gasteiger partial charge in [0.25, 0.3) is 0 Å². The van der Waals surface area contributed by atoms with E-state index in [0.29, 0.717) is 6.42 Å². The maximum atomic E-state index is 11.3. The molecule has 0 saturated carbocycles. The molecule has 0 radical (unpaired) electrons. The molecular weight excluding hydrogens is 202 g/mol. The molecule has 1 heterocycles. The Morgan fingerprint density at radius 3 is 2.64 bits per heavy atom. The van der Waals surface area contributed by atoms with Crippen molar-refractivity contribution in [2.45, 2.75) is 32.3 Å². The van der Waals surface area contributed by atoms with E-state index in [0.717, 1.165) is 6.42 Å². The third-order valence-corrected chi connectivity index (χ3v) is 4.54. The number of hydrogen-bond acceptors (Lipinski definition) is 4. The summed E-state index contributed by atoms with van der Waals surface area (Å²) in [7, 11) is -3.11. The Bertz CT molecular complexity index is 344. The molecule has 0 aliphatic carbocycles. The molecule has 5 heteroatoms. The lowest BCUT2D eigenvalue weighted by molar-refractivity contribution is 0.0708. The van der Waals surface area contributed by atoms with E-state index in [-0.39, 0.29) is 17.9 Å². The Labute approximate surface area is 84.5 Å². The zero-order valence-electron chi connectivity index (χ0n) is 8.23. The molecule has 2 atom stereocenters. The molecule has 2 unspecified atom stereocenters. The predicted molar refractivity (Wildman–Crippen MR) is 52.2 cm³/mol. The monoisotopic (exact) mass is 217 g/mol. The molecular formula is C9H15NO3S. The van der Waals surface area contributed by atoms with Gasteiger partial charge >= 0.3 is 0 Å². The van der Waals surface area contributed by atoms with Gasteiger partial charge in [0, 0.05) is 0 Å². The molecule has 0 aromatic carbocycles. The lowest BCUT2D eigenvalue weighted by atomic mass is 9.81. The highest BCUT2D eigenvalue weighted by molar-refractivity contribution is 7.91. The molecule has 1 rings (SSSR count). The van der Waals surface area contributed by atoms with Gasteiger partial charge in [-0.2, -0.15) is 5.26 Å². The van der Waals surface area contributed by atoms with Crippen molar-refractivity contribution in [3.05, 3.63) is 0 Å². The van der Waals surface area contributed by atoms with Gasteiger partial charge in [-0.05, 0) is 12.8 Å². The van der Waals surface area contributed by atoms with Crippen molar-refractivity contribution in [1.82, 2.24) is 0 Å². The lowest BCUT2D eigenvalue weighted by Crippen LogP contribution is -2.35. The van der Waals surface area contributed by atoms with Crippen LogP contribution in [0.2, 0.25) is 0 Å². The number of nitrogens with zero attached hydrogens (tertiary/aromatic N) is 1. The first kappa shape index (κ1) is 11.5. The summed E-state index contributed by atoms with van der Waals surface area (Å²) >= 11 is 0. The van der Waals surface area contributed by atoms with E-state index in [9.17, 15) is 13.5 Å². The third-order valence-electron chi connectivity index (χ3n) is 2.76. The van der Waals surface area contributed by atoms with Crippen molar-refractivity contribution in [1.29, 1.82) is 5.26 Å². The highest BCUT2D eigenvalue weighted by Gasteiger charge is 2.47. The lowest BCUT2D eigenvalue weighted by Gasteiger charge is -2.24. The van der Waals surface area contributed by atoms with E-state index in [1.54, 1.807) is 0 Å². The molecule has 80 valence electrons. The average molecular weight is 217 g/mol. The fraction of sp³-hybridized carbons (Fsp3) is 0.889. The van der Waals surface area contributed by atoms with E-state index in [4.69, 9.17) is 5.26 Å². The van der Waals surface area contributed by atoms with Crippen LogP contribution in [-0.2, 0) is 9.84 Å². The van der Waals surface area contributed by atoms with Gasteiger partial charge in [-0.25, -0.2) is 8.42 Å². The summed E-state index contributed by atoms with van der Waals surface area (Å²) in [4.78, 5) is 0. The molecule has 0 bridgehead atoms. The molecule has 1 fully saturated rings. The average Bonchev–Trinajstić information content (AvgIpc) is 2.43. The second kappa shape index (κ2) is 3.87. The number of hydrogen-bond donors (Lipinski definition) is 1. The van der Waals surface area contributed by atoms with Crippen LogP contribution in [0.4, 0.5) is 0 Å². The Morgan fingerprint density at radius 2 is 2.29 bits per heavy atom. The second-order valence-electron chi connectivity index (χ2n) is 3.91. The first-order chi connectivity index (χ1) is 6.46. The summed E-state index contributed by atoms with van der Waals surface area (Å²) in [6.45, 7) is 1.90. The van der Waals surface area contributed by atoms with Gasteiger partial charge in [0.05, 0.1) is 29.1 Å². The first-order valence-corrected chi connectivity index (χ1v) is 6.57. The summed E-state index contributed by atoms with van der Waals surface area (Å²) in [6.07, 6.45) is 0.704. The van der Waals surface area contributed by atoms with Crippen molar-refractivity contribution in [3.8, 4) is 6.07 Å². The normalized spacial score (nSPS) is 32.4. The Kier molecular flexibility index (Phi) is 3.17. The van der Waals surface area contributed by atoms with Gasteiger partial charge in [-0.1, -0.05) is 13.3 Å². The zero-order valence-corrected chi connectivity index (χ0v) is 9.05. The number of sulfone groups is 1. The molecule has 0 aromatic heterocycles. The Balaban J connectivity index is 2.86. The highest BCUT2D eigenvalue weighted by Crippen LogP contribution is 2.36. The van der Waals surface area contributed by atoms with Crippen LogP contribution in [-0.4, -0.2) is 31.1 Å². The molecule has 0 amide bonds. The van der Waals surface area contributed by atoms with Crippen molar-refractivity contribution < 1.29 is 13.5 Å². The maximum Gasteiger partial charge on any atom is 0.152 e. The summed E-state index contributed by atoms with van der Waals surface area (Å²) < 4.78 is 22.5. The van der Waals surface area contributed by atoms with E-state index in [1.165, 1.54) is 0 Å². The van der Waals surface area contributed by atoms with Crippen LogP contribution >= 0.6 is 0 Å². The van der Waals surface area contributed by atoms with Gasteiger partial charge < -0.3 is 5.11 Å². The van der Waals surface area contributed by atoms with Gasteiger partial charge in [-0.15, -0.1) is 0 Å². The van der Waals surface area contributed by atoms with Gasteiger partial charge in [-0.3, -0.25) is 0 Å². The molecule has 14 heavy (non-hydrogen) atoms. The number of nitriles is 1. The zero-order chi connectivity index (χ0) is 10.8. The first-order valence-electron chi connectivity index (χ1n) is 4.75. The molecule has 1 N–H and O–H groups in total. The van der Waals surface area contributed by atoms with Crippen LogP contribution in [0.25, 0.3) is 0 Å². The highest BCUT2D eigenvalue weighted by atomic mass is 32.2. The Hall–Kier alpha value is -0.600. The van der Waals surface area contributed by atoms with Crippen LogP contribution in [0.15, 0.2) is 0 Å². The van der Waals surface area contributed by atoms with Crippen molar-refractivity contribution >= 4 is 9.84 Å². The third kappa shape index (κ3) is 2.07. The minimum Gasteiger partial charge on any atom is -0.391 e. The maximum absolute atomic E-state index is 11.3. The fourth-order valence-electron chi connectivity index (χ4n) is 1.85. The van der Waals surface area contributed by atoms with Crippen LogP contribution in [0.5, 0.6) is 0 Å². The largest absolute Gasteiger partial charge is 0.391 e. The van der Waals surface area contributed by atoms with Crippen molar-refractivity contribution in [2.24, 2.45) is 5.41 Å². The topological polar surface area (TPSA) is 78.2 Å². The molecule has 1 aliphatic rings. The van der Waals surface area contributed by atoms with E-state index < -0.39 is 21.4 Å². The molecule has 4 nitrogen and oxygen atoms in total. The number of rotatable bonds is 3. The predicted octanol–water partition coefficient (Wildman–Crippen LogP) is 0.476. The smallest absolute Gasteiger partial charge is 0.152 e. The van der Waals surface area contributed by atoms with E-state index >= 15 is 0 Å². The molecule has 1 saturated heterocycles. The number of aliphatic hydroxyl groups is 1. The molecule has 0 spiro atoms. The SMILES string of the molecule is CCCC(O)C1(C#N)CCS(=O)(=O)C1. The fourth-order valence-corrected chi connectivity index (χ4v) is 3.86. The summed E-state index contributed by atoms with van der Waals surface area (Å²) in [6, 6.07) is 1.99. The summed E-state index contributed by atoms with van der Waals surface area (Å²) in [5.74, 6) is -0.154. The number of aliphatic hydroxyl groups excluding tert-OH is 1. The molecule has 1 aliphatic heterocycles. The second-order valence-corrected chi connectivity index (χ2v) is 6.10. The van der Waals surface area contributed by atoms with Crippen LogP contribution in [0.3, 0.4) is 0 Å². The standard InChI is InChI=1S/C9H15NO3S/c1-2-3-8(11)9(6-10)4-5-14(12,13)7-9/h8,11H,2-5,7H2,1H3. The van der Waals surface area contributed by atoms with Crippen molar-refractivity contribution in [2.75, 3.05) is 11.5 Å². The van der Waals surface area contributed by atoms with Crippen molar-refractivity contribution in [3.63, 3.8) is 0 Å². The Morgan fingerprint density at radius 1 is 1.64 bits per heavy atom. The van der Waals surface area contributed by atoms with Gasteiger partial charge in [0.2, 0.25) is 0 Å².